The third kappa shape index (κ3) is 5.08. The smallest absolute Gasteiger partial charge is 0.0251 e. The third-order valence-corrected chi connectivity index (χ3v) is 5.47. The molecule has 1 nitrogen and oxygen atoms in total. The molecule has 0 amide bonds. The van der Waals surface area contributed by atoms with Gasteiger partial charge in [-0.2, -0.15) is 0 Å². The van der Waals surface area contributed by atoms with Gasteiger partial charge in [-0.15, -0.1) is 37.9 Å². The Labute approximate surface area is 166 Å². The van der Waals surface area contributed by atoms with Gasteiger partial charge in [0, 0.05) is 34.3 Å². The van der Waals surface area contributed by atoms with E-state index < -0.39 is 0 Å². The van der Waals surface area contributed by atoms with Crippen molar-refractivity contribution in [1.82, 2.24) is 4.90 Å². The normalized spacial score (nSPS) is 11.0. The Morgan fingerprint density at radius 1 is 0.480 bits per heavy atom. The van der Waals surface area contributed by atoms with Crippen LogP contribution in [0.15, 0.2) is 87.5 Å². The van der Waals surface area contributed by atoms with Gasteiger partial charge in [0.05, 0.1) is 0 Å². The van der Waals surface area contributed by atoms with E-state index in [1.807, 2.05) is 36.4 Å². The minimum absolute atomic E-state index is 0.823. The molecule has 0 heterocycles. The molecular weight excluding hydrogens is 362 g/mol. The van der Waals surface area contributed by atoms with E-state index >= 15 is 0 Å². The van der Waals surface area contributed by atoms with E-state index in [0.717, 1.165) is 34.3 Å². The van der Waals surface area contributed by atoms with E-state index in [2.05, 4.69) is 79.2 Å². The molecule has 3 aromatic carbocycles. The molecule has 0 N–H and O–H groups in total. The van der Waals surface area contributed by atoms with Gasteiger partial charge in [-0.1, -0.05) is 54.6 Å². The lowest BCUT2D eigenvalue weighted by molar-refractivity contribution is 0.242. The molecule has 0 aromatic heterocycles. The fraction of sp³-hybridized carbons (Fsp3) is 0.143. The van der Waals surface area contributed by atoms with Crippen molar-refractivity contribution in [2.24, 2.45) is 0 Å². The van der Waals surface area contributed by atoms with Gasteiger partial charge < -0.3 is 0 Å². The molecule has 0 aliphatic heterocycles. The van der Waals surface area contributed by atoms with Crippen LogP contribution in [0.25, 0.3) is 0 Å². The molecular formula is C21H21NS3. The summed E-state index contributed by atoms with van der Waals surface area (Å²) in [6.07, 6.45) is 0. The Bertz CT molecular complexity index is 735. The van der Waals surface area contributed by atoms with Crippen LogP contribution in [0, 0.1) is 0 Å². The SMILES string of the molecule is Sc1ccccc1CN(Cc1ccccc1S)Cc1ccccc1S. The lowest BCUT2D eigenvalue weighted by Crippen LogP contribution is -2.23. The molecule has 0 saturated heterocycles. The zero-order chi connectivity index (χ0) is 17.6. The van der Waals surface area contributed by atoms with Gasteiger partial charge in [0.25, 0.3) is 0 Å². The molecule has 0 spiro atoms. The van der Waals surface area contributed by atoms with Crippen LogP contribution in [0.3, 0.4) is 0 Å². The van der Waals surface area contributed by atoms with Crippen LogP contribution in [0.1, 0.15) is 16.7 Å². The van der Waals surface area contributed by atoms with Gasteiger partial charge in [-0.3, -0.25) is 4.90 Å². The number of thiol groups is 3. The van der Waals surface area contributed by atoms with Crippen molar-refractivity contribution in [1.29, 1.82) is 0 Å². The van der Waals surface area contributed by atoms with E-state index in [1.54, 1.807) is 0 Å². The summed E-state index contributed by atoms with van der Waals surface area (Å²) in [4.78, 5) is 5.46. The van der Waals surface area contributed by atoms with Gasteiger partial charge in [0.1, 0.15) is 0 Å². The second-order valence-corrected chi connectivity index (χ2v) is 7.48. The van der Waals surface area contributed by atoms with Gasteiger partial charge in [0.15, 0.2) is 0 Å². The van der Waals surface area contributed by atoms with Crippen molar-refractivity contribution in [2.75, 3.05) is 0 Å². The average molecular weight is 384 g/mol. The minimum atomic E-state index is 0.823. The number of hydrogen-bond acceptors (Lipinski definition) is 4. The predicted octanol–water partition coefficient (Wildman–Crippen LogP) is 5.76. The fourth-order valence-electron chi connectivity index (χ4n) is 2.82. The van der Waals surface area contributed by atoms with E-state index in [4.69, 9.17) is 0 Å². The molecule has 3 aromatic rings. The quantitative estimate of drug-likeness (QED) is 0.457. The van der Waals surface area contributed by atoms with Crippen LogP contribution in [-0.4, -0.2) is 4.90 Å². The Hall–Kier alpha value is -1.33. The van der Waals surface area contributed by atoms with E-state index in [-0.39, 0.29) is 0 Å². The zero-order valence-corrected chi connectivity index (χ0v) is 16.5. The molecule has 3 rings (SSSR count). The Balaban J connectivity index is 1.86. The molecule has 128 valence electrons. The van der Waals surface area contributed by atoms with Gasteiger partial charge in [0.2, 0.25) is 0 Å². The maximum atomic E-state index is 4.61. The van der Waals surface area contributed by atoms with Crippen molar-refractivity contribution < 1.29 is 0 Å². The molecule has 0 saturated carbocycles. The summed E-state index contributed by atoms with van der Waals surface area (Å²) in [5, 5.41) is 0. The first-order chi connectivity index (χ1) is 12.1. The van der Waals surface area contributed by atoms with Crippen LogP contribution in [0.2, 0.25) is 0 Å². The van der Waals surface area contributed by atoms with Gasteiger partial charge in [-0.05, 0) is 34.9 Å². The second kappa shape index (κ2) is 8.86. The third-order valence-electron chi connectivity index (χ3n) is 4.16. The van der Waals surface area contributed by atoms with Gasteiger partial charge >= 0.3 is 0 Å². The van der Waals surface area contributed by atoms with Crippen LogP contribution in [0.5, 0.6) is 0 Å². The zero-order valence-electron chi connectivity index (χ0n) is 13.8. The highest BCUT2D eigenvalue weighted by molar-refractivity contribution is 7.80. The summed E-state index contributed by atoms with van der Waals surface area (Å²) in [5.41, 5.74) is 3.66. The lowest BCUT2D eigenvalue weighted by Gasteiger charge is -2.24. The maximum Gasteiger partial charge on any atom is 0.0251 e. The summed E-state index contributed by atoms with van der Waals surface area (Å²) in [5.74, 6) is 0. The Kier molecular flexibility index (Phi) is 6.54. The summed E-state index contributed by atoms with van der Waals surface area (Å²) < 4.78 is 0. The first-order valence-electron chi connectivity index (χ1n) is 8.16. The molecule has 4 heteroatoms. The van der Waals surface area contributed by atoms with Crippen molar-refractivity contribution >= 4 is 37.9 Å². The molecule has 0 fully saturated rings. The maximum absolute atomic E-state index is 4.61. The van der Waals surface area contributed by atoms with Crippen LogP contribution >= 0.6 is 37.9 Å². The van der Waals surface area contributed by atoms with E-state index in [0.29, 0.717) is 0 Å². The fourth-order valence-corrected chi connectivity index (χ4v) is 3.52. The number of nitrogens with zero attached hydrogens (tertiary/aromatic N) is 1. The van der Waals surface area contributed by atoms with Gasteiger partial charge in [-0.25, -0.2) is 0 Å². The van der Waals surface area contributed by atoms with Crippen molar-refractivity contribution in [3.05, 3.63) is 89.5 Å². The first-order valence-corrected chi connectivity index (χ1v) is 9.50. The standard InChI is InChI=1S/C21H21NS3/c23-19-10-4-1-7-16(19)13-22(14-17-8-2-5-11-20(17)24)15-18-9-3-6-12-21(18)25/h1-12,23-25H,13-15H2. The summed E-state index contributed by atoms with van der Waals surface area (Å²) in [6, 6.07) is 24.7. The minimum Gasteiger partial charge on any atom is -0.290 e. The second-order valence-electron chi connectivity index (χ2n) is 6.03. The average Bonchev–Trinajstić information content (AvgIpc) is 2.61. The van der Waals surface area contributed by atoms with Crippen LogP contribution in [-0.2, 0) is 19.6 Å². The van der Waals surface area contributed by atoms with Crippen molar-refractivity contribution in [3.8, 4) is 0 Å². The topological polar surface area (TPSA) is 3.24 Å². The lowest BCUT2D eigenvalue weighted by atomic mass is 10.1. The number of benzene rings is 3. The van der Waals surface area contributed by atoms with Crippen molar-refractivity contribution in [3.63, 3.8) is 0 Å². The molecule has 0 bridgehead atoms. The summed E-state index contributed by atoms with van der Waals surface area (Å²) in [7, 11) is 0. The number of rotatable bonds is 6. The van der Waals surface area contributed by atoms with Crippen LogP contribution in [0.4, 0.5) is 0 Å². The molecule has 0 atom stereocenters. The first kappa shape index (κ1) is 18.5. The largest absolute Gasteiger partial charge is 0.290 e. The molecule has 0 aliphatic rings. The summed E-state index contributed by atoms with van der Waals surface area (Å²) >= 11 is 13.8. The highest BCUT2D eigenvalue weighted by Crippen LogP contribution is 2.23. The molecule has 0 aliphatic carbocycles. The van der Waals surface area contributed by atoms with E-state index in [9.17, 15) is 0 Å². The Morgan fingerprint density at radius 3 is 1.04 bits per heavy atom. The monoisotopic (exact) mass is 383 g/mol. The predicted molar refractivity (Wildman–Crippen MR) is 114 cm³/mol. The Morgan fingerprint density at radius 2 is 0.760 bits per heavy atom. The molecule has 0 unspecified atom stereocenters. The van der Waals surface area contributed by atoms with Crippen LogP contribution < -0.4 is 0 Å². The summed E-state index contributed by atoms with van der Waals surface area (Å²) in [6.45, 7) is 2.47. The highest BCUT2D eigenvalue weighted by Gasteiger charge is 2.12. The van der Waals surface area contributed by atoms with E-state index in [1.165, 1.54) is 16.7 Å². The number of hydrogen-bond donors (Lipinski definition) is 3. The highest BCUT2D eigenvalue weighted by atomic mass is 32.1. The molecule has 25 heavy (non-hydrogen) atoms. The van der Waals surface area contributed by atoms with Crippen molar-refractivity contribution in [2.45, 2.75) is 34.3 Å². The molecule has 0 radical (unpaired) electrons.